The van der Waals surface area contributed by atoms with Crippen molar-refractivity contribution in [3.63, 3.8) is 0 Å². The molecule has 1 aromatic carbocycles. The molecule has 1 aliphatic rings. The van der Waals surface area contributed by atoms with Gasteiger partial charge in [-0.05, 0) is 56.3 Å². The first-order valence-corrected chi connectivity index (χ1v) is 8.36. The Morgan fingerprint density at radius 3 is 2.95 bits per heavy atom. The Morgan fingerprint density at radius 2 is 2.19 bits per heavy atom. The van der Waals surface area contributed by atoms with Gasteiger partial charge in [0.05, 0.1) is 0 Å². The predicted octanol–water partition coefficient (Wildman–Crippen LogP) is 3.54. The molecule has 3 nitrogen and oxygen atoms in total. The number of hydrogen-bond acceptors (Lipinski definition) is 3. The van der Waals surface area contributed by atoms with Crippen LogP contribution in [-0.4, -0.2) is 33.4 Å². The summed E-state index contributed by atoms with van der Waals surface area (Å²) in [7, 11) is 1.78. The van der Waals surface area contributed by atoms with Crippen molar-refractivity contribution in [1.29, 1.82) is 0 Å². The average molecular weight is 290 g/mol. The molecule has 1 aromatic rings. The third-order valence-corrected chi connectivity index (χ3v) is 4.32. The molecule has 0 spiro atoms. The first kappa shape index (κ1) is 16.3. The molecular formula is C18H30N2O. The van der Waals surface area contributed by atoms with Crippen molar-refractivity contribution in [3.8, 4) is 0 Å². The fraction of sp³-hybridized carbons (Fsp3) is 0.667. The number of fused-ring (bicyclic) bond motifs is 1. The number of nitrogens with zero attached hydrogens (tertiary/aromatic N) is 1. The van der Waals surface area contributed by atoms with Crippen molar-refractivity contribution in [2.24, 2.45) is 0 Å². The highest BCUT2D eigenvalue weighted by atomic mass is 16.5. The number of hydrogen-bond donors (Lipinski definition) is 1. The van der Waals surface area contributed by atoms with Gasteiger partial charge in [0.1, 0.15) is 0 Å². The molecule has 0 fully saturated rings. The summed E-state index contributed by atoms with van der Waals surface area (Å²) in [6.07, 6.45) is 4.74. The topological polar surface area (TPSA) is 24.5 Å². The van der Waals surface area contributed by atoms with E-state index in [2.05, 4.69) is 42.3 Å². The molecule has 2 rings (SSSR count). The van der Waals surface area contributed by atoms with Crippen molar-refractivity contribution in [2.45, 2.75) is 45.6 Å². The van der Waals surface area contributed by atoms with E-state index in [4.69, 9.17) is 4.74 Å². The van der Waals surface area contributed by atoms with Gasteiger partial charge in [-0.1, -0.05) is 19.1 Å². The lowest BCUT2D eigenvalue weighted by molar-refractivity contribution is 0.193. The van der Waals surface area contributed by atoms with Gasteiger partial charge < -0.3 is 15.0 Å². The van der Waals surface area contributed by atoms with E-state index in [0.717, 1.165) is 26.1 Å². The van der Waals surface area contributed by atoms with E-state index in [-0.39, 0.29) is 0 Å². The lowest BCUT2D eigenvalue weighted by Crippen LogP contribution is -2.22. The van der Waals surface area contributed by atoms with E-state index in [0.29, 0.717) is 6.04 Å². The third-order valence-electron chi connectivity index (χ3n) is 4.32. The van der Waals surface area contributed by atoms with Crippen LogP contribution in [0.1, 0.15) is 50.3 Å². The van der Waals surface area contributed by atoms with E-state index >= 15 is 0 Å². The molecule has 1 heterocycles. The number of unbranched alkanes of at least 4 members (excludes halogenated alkanes) is 1. The minimum absolute atomic E-state index is 0.450. The number of ether oxygens (including phenoxy) is 1. The Morgan fingerprint density at radius 1 is 1.33 bits per heavy atom. The first-order chi connectivity index (χ1) is 10.3. The molecule has 118 valence electrons. The van der Waals surface area contributed by atoms with Crippen molar-refractivity contribution < 1.29 is 4.74 Å². The highest BCUT2D eigenvalue weighted by Crippen LogP contribution is 2.30. The van der Waals surface area contributed by atoms with E-state index in [1.54, 1.807) is 7.11 Å². The molecule has 0 radical (unpaired) electrons. The Hall–Kier alpha value is -1.06. The molecule has 0 bridgehead atoms. The van der Waals surface area contributed by atoms with Gasteiger partial charge in [0.2, 0.25) is 0 Å². The lowest BCUT2D eigenvalue weighted by Gasteiger charge is -2.20. The summed E-state index contributed by atoms with van der Waals surface area (Å²) in [5.41, 5.74) is 4.38. The van der Waals surface area contributed by atoms with Gasteiger partial charge >= 0.3 is 0 Å². The summed E-state index contributed by atoms with van der Waals surface area (Å²) in [5, 5.41) is 3.57. The highest BCUT2D eigenvalue weighted by Gasteiger charge is 2.19. The number of rotatable bonds is 9. The molecular weight excluding hydrogens is 260 g/mol. The normalized spacial score (nSPS) is 15.3. The summed E-state index contributed by atoms with van der Waals surface area (Å²) in [5.74, 6) is 0. The molecule has 0 saturated heterocycles. The van der Waals surface area contributed by atoms with Gasteiger partial charge in [-0.3, -0.25) is 0 Å². The maximum absolute atomic E-state index is 5.12. The monoisotopic (exact) mass is 290 g/mol. The Kier molecular flexibility index (Phi) is 6.52. The summed E-state index contributed by atoms with van der Waals surface area (Å²) in [6, 6.07) is 7.46. The van der Waals surface area contributed by atoms with Gasteiger partial charge in [-0.25, -0.2) is 0 Å². The average Bonchev–Trinajstić information content (AvgIpc) is 2.91. The van der Waals surface area contributed by atoms with Crippen molar-refractivity contribution in [2.75, 3.05) is 38.3 Å². The van der Waals surface area contributed by atoms with Gasteiger partial charge in [0.25, 0.3) is 0 Å². The molecule has 0 aliphatic carbocycles. The zero-order valence-electron chi connectivity index (χ0n) is 13.8. The van der Waals surface area contributed by atoms with E-state index in [1.807, 2.05) is 0 Å². The maximum Gasteiger partial charge on any atom is 0.0462 e. The van der Waals surface area contributed by atoms with Crippen LogP contribution in [0.25, 0.3) is 0 Å². The van der Waals surface area contributed by atoms with Crippen molar-refractivity contribution in [3.05, 3.63) is 29.3 Å². The molecule has 1 unspecified atom stereocenters. The Balaban J connectivity index is 1.93. The summed E-state index contributed by atoms with van der Waals surface area (Å²) in [4.78, 5) is 2.53. The SMILES string of the molecule is CCCNC(C)c1ccc2c(c1)CCN2CCCCOC. The second-order valence-electron chi connectivity index (χ2n) is 6.00. The van der Waals surface area contributed by atoms with Crippen LogP contribution in [0.15, 0.2) is 18.2 Å². The molecule has 21 heavy (non-hydrogen) atoms. The highest BCUT2D eigenvalue weighted by molar-refractivity contribution is 5.59. The fourth-order valence-corrected chi connectivity index (χ4v) is 3.02. The van der Waals surface area contributed by atoms with Crippen LogP contribution < -0.4 is 10.2 Å². The zero-order valence-corrected chi connectivity index (χ0v) is 13.8. The van der Waals surface area contributed by atoms with Crippen LogP contribution >= 0.6 is 0 Å². The Labute approximate surface area is 129 Å². The van der Waals surface area contributed by atoms with Crippen molar-refractivity contribution >= 4 is 5.69 Å². The van der Waals surface area contributed by atoms with Crippen LogP contribution in [0, 0.1) is 0 Å². The number of benzene rings is 1. The van der Waals surface area contributed by atoms with Crippen LogP contribution in [-0.2, 0) is 11.2 Å². The molecule has 1 N–H and O–H groups in total. The third kappa shape index (κ3) is 4.45. The minimum Gasteiger partial charge on any atom is -0.385 e. The molecule has 3 heteroatoms. The Bertz CT molecular complexity index is 433. The van der Waals surface area contributed by atoms with Crippen molar-refractivity contribution in [1.82, 2.24) is 5.32 Å². The molecule has 0 saturated carbocycles. The largest absolute Gasteiger partial charge is 0.385 e. The van der Waals surface area contributed by atoms with E-state index in [1.165, 1.54) is 42.6 Å². The minimum atomic E-state index is 0.450. The standard InChI is InChI=1S/C18H30N2O/c1-4-10-19-15(2)16-7-8-18-17(14-16)9-12-20(18)11-5-6-13-21-3/h7-8,14-15,19H,4-6,9-13H2,1-3H3. The quantitative estimate of drug-likeness (QED) is 0.704. The second-order valence-corrected chi connectivity index (χ2v) is 6.00. The summed E-state index contributed by atoms with van der Waals surface area (Å²) in [6.45, 7) is 8.75. The molecule has 0 aromatic heterocycles. The first-order valence-electron chi connectivity index (χ1n) is 8.36. The van der Waals surface area contributed by atoms with Crippen LogP contribution in [0.2, 0.25) is 0 Å². The fourth-order valence-electron chi connectivity index (χ4n) is 3.02. The maximum atomic E-state index is 5.12. The number of nitrogens with one attached hydrogen (secondary N) is 1. The van der Waals surface area contributed by atoms with Gasteiger partial charge in [0, 0.05) is 38.5 Å². The van der Waals surface area contributed by atoms with Gasteiger partial charge in [-0.2, -0.15) is 0 Å². The zero-order chi connectivity index (χ0) is 15.1. The summed E-state index contributed by atoms with van der Waals surface area (Å²) < 4.78 is 5.12. The van der Waals surface area contributed by atoms with Gasteiger partial charge in [-0.15, -0.1) is 0 Å². The molecule has 1 atom stereocenters. The summed E-state index contributed by atoms with van der Waals surface area (Å²) >= 11 is 0. The molecule has 0 amide bonds. The van der Waals surface area contributed by atoms with Crippen LogP contribution in [0.3, 0.4) is 0 Å². The second kappa shape index (κ2) is 8.40. The van der Waals surface area contributed by atoms with Crippen LogP contribution in [0.5, 0.6) is 0 Å². The number of methoxy groups -OCH3 is 1. The number of anilines is 1. The van der Waals surface area contributed by atoms with Gasteiger partial charge in [0.15, 0.2) is 0 Å². The smallest absolute Gasteiger partial charge is 0.0462 e. The lowest BCUT2D eigenvalue weighted by atomic mass is 10.0. The van der Waals surface area contributed by atoms with E-state index < -0.39 is 0 Å². The predicted molar refractivity (Wildman–Crippen MR) is 90.2 cm³/mol. The van der Waals surface area contributed by atoms with E-state index in [9.17, 15) is 0 Å². The molecule has 1 aliphatic heterocycles. The van der Waals surface area contributed by atoms with Crippen LogP contribution in [0.4, 0.5) is 5.69 Å².